The number of nitrogens with zero attached hydrogens (tertiary/aromatic N) is 1. The van der Waals surface area contributed by atoms with Crippen LogP contribution in [-0.2, 0) is 19.6 Å². The Morgan fingerprint density at radius 1 is 1.38 bits per heavy atom. The summed E-state index contributed by atoms with van der Waals surface area (Å²) in [5.74, 6) is -0.725. The summed E-state index contributed by atoms with van der Waals surface area (Å²) >= 11 is 0. The first-order valence-electron chi connectivity index (χ1n) is 6.51. The number of hydrogen-bond donors (Lipinski definition) is 2. The predicted molar refractivity (Wildman–Crippen MR) is 78.0 cm³/mol. The van der Waals surface area contributed by atoms with Crippen molar-refractivity contribution in [1.29, 1.82) is 0 Å². The van der Waals surface area contributed by atoms with Crippen molar-refractivity contribution >= 4 is 21.6 Å². The molecule has 1 aromatic carbocycles. The molecule has 4 N–H and O–H groups in total. The van der Waals surface area contributed by atoms with Gasteiger partial charge >= 0.3 is 0 Å². The van der Waals surface area contributed by atoms with Crippen molar-refractivity contribution in [2.45, 2.75) is 24.8 Å². The summed E-state index contributed by atoms with van der Waals surface area (Å²) in [6, 6.07) is 2.31. The normalized spacial score (nSPS) is 20.4. The molecule has 1 unspecified atom stereocenters. The van der Waals surface area contributed by atoms with Crippen molar-refractivity contribution in [3.05, 3.63) is 23.3 Å². The first kappa shape index (κ1) is 15.7. The molecule has 116 valence electrons. The monoisotopic (exact) mass is 313 g/mol. The van der Waals surface area contributed by atoms with E-state index in [4.69, 9.17) is 16.2 Å². The Kier molecular flexibility index (Phi) is 4.22. The lowest BCUT2D eigenvalue weighted by Gasteiger charge is -2.33. The minimum absolute atomic E-state index is 0.0328. The molecule has 0 saturated carbocycles. The van der Waals surface area contributed by atoms with E-state index in [1.54, 1.807) is 26.0 Å². The fourth-order valence-corrected chi connectivity index (χ4v) is 4.49. The first-order chi connectivity index (χ1) is 9.76. The zero-order chi connectivity index (χ0) is 15.8. The highest BCUT2D eigenvalue weighted by molar-refractivity contribution is 7.89. The zero-order valence-corrected chi connectivity index (χ0v) is 12.8. The molecule has 0 bridgehead atoms. The topological polar surface area (TPSA) is 116 Å². The number of morpholine rings is 1. The summed E-state index contributed by atoms with van der Waals surface area (Å²) in [5, 5.41) is 0. The standard InChI is InChI=1S/C13H19N3O4S/c1-8-3-4-10(14)9(2)12(8)21(18,19)16-5-6-20-7-11(16)13(15)17/h3-4,11H,5-7,14H2,1-2H3,(H2,15,17). The van der Waals surface area contributed by atoms with Gasteiger partial charge in [0.05, 0.1) is 18.1 Å². The minimum Gasteiger partial charge on any atom is -0.398 e. The van der Waals surface area contributed by atoms with E-state index in [0.29, 0.717) is 16.8 Å². The maximum Gasteiger partial charge on any atom is 0.244 e. The average Bonchev–Trinajstić information content (AvgIpc) is 2.43. The van der Waals surface area contributed by atoms with Crippen LogP contribution in [0.25, 0.3) is 0 Å². The lowest BCUT2D eigenvalue weighted by Crippen LogP contribution is -2.54. The van der Waals surface area contributed by atoms with Gasteiger partial charge in [0.15, 0.2) is 0 Å². The van der Waals surface area contributed by atoms with Crippen LogP contribution in [0, 0.1) is 13.8 Å². The second-order valence-electron chi connectivity index (χ2n) is 5.03. The SMILES string of the molecule is Cc1ccc(N)c(C)c1S(=O)(=O)N1CCOCC1C(N)=O. The predicted octanol–water partition coefficient (Wildman–Crippen LogP) is -0.240. The highest BCUT2D eigenvalue weighted by atomic mass is 32.2. The maximum atomic E-state index is 12.9. The van der Waals surface area contributed by atoms with Gasteiger partial charge in [0.2, 0.25) is 15.9 Å². The summed E-state index contributed by atoms with van der Waals surface area (Å²) < 4.78 is 32.1. The van der Waals surface area contributed by atoms with Crippen molar-refractivity contribution in [3.8, 4) is 0 Å². The molecule has 7 nitrogen and oxygen atoms in total. The van der Waals surface area contributed by atoms with Gasteiger partial charge in [-0.2, -0.15) is 4.31 Å². The number of sulfonamides is 1. The number of benzene rings is 1. The number of nitrogen functional groups attached to an aromatic ring is 1. The van der Waals surface area contributed by atoms with Gasteiger partial charge in [-0.25, -0.2) is 8.42 Å². The summed E-state index contributed by atoms with van der Waals surface area (Å²) in [7, 11) is -3.87. The Labute approximate surface area is 123 Å². The molecule has 1 heterocycles. The molecule has 2 rings (SSSR count). The largest absolute Gasteiger partial charge is 0.398 e. The van der Waals surface area contributed by atoms with E-state index in [1.165, 1.54) is 0 Å². The minimum atomic E-state index is -3.87. The smallest absolute Gasteiger partial charge is 0.244 e. The third kappa shape index (κ3) is 2.74. The van der Waals surface area contributed by atoms with E-state index < -0.39 is 22.0 Å². The van der Waals surface area contributed by atoms with Gasteiger partial charge in [-0.05, 0) is 31.0 Å². The van der Waals surface area contributed by atoms with Crippen LogP contribution in [0.2, 0.25) is 0 Å². The van der Waals surface area contributed by atoms with E-state index in [2.05, 4.69) is 0 Å². The highest BCUT2D eigenvalue weighted by Gasteiger charge is 2.38. The van der Waals surface area contributed by atoms with Gasteiger partial charge in [0, 0.05) is 12.2 Å². The molecule has 0 aromatic heterocycles. The number of nitrogens with two attached hydrogens (primary N) is 2. The number of hydrogen-bond acceptors (Lipinski definition) is 5. The number of ether oxygens (including phenoxy) is 1. The van der Waals surface area contributed by atoms with Gasteiger partial charge < -0.3 is 16.2 Å². The van der Waals surface area contributed by atoms with Crippen LogP contribution in [0.15, 0.2) is 17.0 Å². The molecular weight excluding hydrogens is 294 g/mol. The fourth-order valence-electron chi connectivity index (χ4n) is 2.46. The third-order valence-electron chi connectivity index (χ3n) is 3.62. The van der Waals surface area contributed by atoms with Crippen LogP contribution < -0.4 is 11.5 Å². The van der Waals surface area contributed by atoms with E-state index >= 15 is 0 Å². The third-order valence-corrected chi connectivity index (χ3v) is 5.82. The van der Waals surface area contributed by atoms with Crippen LogP contribution in [0.4, 0.5) is 5.69 Å². The lowest BCUT2D eigenvalue weighted by atomic mass is 10.1. The van der Waals surface area contributed by atoms with E-state index in [0.717, 1.165) is 4.31 Å². The van der Waals surface area contributed by atoms with Gasteiger partial charge in [-0.3, -0.25) is 4.79 Å². The molecule has 1 saturated heterocycles. The molecule has 0 spiro atoms. The number of rotatable bonds is 3. The molecule has 1 aromatic rings. The molecule has 0 radical (unpaired) electrons. The Bertz CT molecular complexity index is 672. The molecule has 0 aliphatic carbocycles. The van der Waals surface area contributed by atoms with Gasteiger partial charge in [0.1, 0.15) is 6.04 Å². The highest BCUT2D eigenvalue weighted by Crippen LogP contribution is 2.29. The van der Waals surface area contributed by atoms with Crippen molar-refractivity contribution in [1.82, 2.24) is 4.31 Å². The summed E-state index contributed by atoms with van der Waals surface area (Å²) in [4.78, 5) is 11.6. The van der Waals surface area contributed by atoms with Crippen molar-refractivity contribution < 1.29 is 17.9 Å². The molecule has 1 fully saturated rings. The molecule has 21 heavy (non-hydrogen) atoms. The van der Waals surface area contributed by atoms with Crippen molar-refractivity contribution in [3.63, 3.8) is 0 Å². The van der Waals surface area contributed by atoms with Crippen molar-refractivity contribution in [2.75, 3.05) is 25.5 Å². The summed E-state index contributed by atoms with van der Waals surface area (Å²) in [6.45, 7) is 3.62. The molecule has 1 atom stereocenters. The number of amides is 1. The Morgan fingerprint density at radius 3 is 2.67 bits per heavy atom. The first-order valence-corrected chi connectivity index (χ1v) is 7.95. The Morgan fingerprint density at radius 2 is 2.05 bits per heavy atom. The maximum absolute atomic E-state index is 12.9. The van der Waals surface area contributed by atoms with Crippen LogP contribution in [0.3, 0.4) is 0 Å². The summed E-state index contributed by atoms with van der Waals surface area (Å²) in [5.41, 5.74) is 12.5. The van der Waals surface area contributed by atoms with Gasteiger partial charge in [-0.1, -0.05) is 6.07 Å². The quantitative estimate of drug-likeness (QED) is 0.747. The number of primary amides is 1. The molecule has 8 heteroatoms. The van der Waals surface area contributed by atoms with Crippen LogP contribution in [-0.4, -0.2) is 44.4 Å². The molecule has 1 aliphatic heterocycles. The zero-order valence-electron chi connectivity index (χ0n) is 12.0. The Balaban J connectivity index is 2.56. The number of carbonyl (C=O) groups excluding carboxylic acids is 1. The average molecular weight is 313 g/mol. The molecular formula is C13H19N3O4S. The summed E-state index contributed by atoms with van der Waals surface area (Å²) in [6.07, 6.45) is 0. The second kappa shape index (κ2) is 5.63. The number of carbonyl (C=O) groups is 1. The van der Waals surface area contributed by atoms with Gasteiger partial charge in [0.25, 0.3) is 0 Å². The van der Waals surface area contributed by atoms with Crippen LogP contribution in [0.1, 0.15) is 11.1 Å². The molecule has 1 aliphatic rings. The van der Waals surface area contributed by atoms with Crippen molar-refractivity contribution in [2.24, 2.45) is 5.73 Å². The van der Waals surface area contributed by atoms with E-state index in [9.17, 15) is 13.2 Å². The van der Waals surface area contributed by atoms with E-state index in [-0.39, 0.29) is 24.7 Å². The molecule has 1 amide bonds. The Hall–Kier alpha value is -1.64. The van der Waals surface area contributed by atoms with Crippen LogP contribution in [0.5, 0.6) is 0 Å². The number of aryl methyl sites for hydroxylation is 1. The number of anilines is 1. The second-order valence-corrected chi connectivity index (χ2v) is 6.86. The van der Waals surface area contributed by atoms with Crippen LogP contribution >= 0.6 is 0 Å². The lowest BCUT2D eigenvalue weighted by molar-refractivity contribution is -0.125. The van der Waals surface area contributed by atoms with E-state index in [1.807, 2.05) is 0 Å². The fraction of sp³-hybridized carbons (Fsp3) is 0.462. The van der Waals surface area contributed by atoms with Gasteiger partial charge in [-0.15, -0.1) is 0 Å².